The molecule has 0 bridgehead atoms. The third kappa shape index (κ3) is 9.78. The second-order valence-corrected chi connectivity index (χ2v) is 19.9. The minimum Gasteiger partial charge on any atom is -0.293 e. The summed E-state index contributed by atoms with van der Waals surface area (Å²) in [7, 11) is -3.61. The Balaban J connectivity index is 0.000000372. The minimum atomic E-state index is -3.81. The predicted octanol–water partition coefficient (Wildman–Crippen LogP) is 6.90. The number of hydrogen-bond donors (Lipinski definition) is 0. The van der Waals surface area contributed by atoms with Gasteiger partial charge >= 0.3 is 0 Å². The zero-order chi connectivity index (χ0) is 35.4. The molecule has 3 rings (SSSR count). The summed E-state index contributed by atoms with van der Waals surface area (Å²) in [6.07, 6.45) is 0. The number of sulfonamides is 1. The van der Waals surface area contributed by atoms with Crippen molar-refractivity contribution in [3.63, 3.8) is 0 Å². The molecule has 1 fully saturated rings. The van der Waals surface area contributed by atoms with Gasteiger partial charge in [0.2, 0.25) is 10.0 Å². The lowest BCUT2D eigenvalue weighted by molar-refractivity contribution is 0.357. The molecule has 8 nitrogen and oxygen atoms in total. The van der Waals surface area contributed by atoms with Crippen LogP contribution < -0.4 is 0 Å². The van der Waals surface area contributed by atoms with E-state index in [0.717, 1.165) is 25.4 Å². The van der Waals surface area contributed by atoms with Crippen LogP contribution >= 0.6 is 31.9 Å². The van der Waals surface area contributed by atoms with E-state index in [2.05, 4.69) is 43.7 Å². The molecule has 1 heterocycles. The van der Waals surface area contributed by atoms with Gasteiger partial charge in [-0.15, -0.1) is 0 Å². The van der Waals surface area contributed by atoms with E-state index >= 15 is 0 Å². The molecule has 1 unspecified atom stereocenters. The monoisotopic (exact) mass is 794 g/mol. The van der Waals surface area contributed by atoms with E-state index in [1.807, 2.05) is 13.1 Å². The highest BCUT2D eigenvalue weighted by Gasteiger charge is 2.47. The smallest absolute Gasteiger partial charge is 0.232 e. The van der Waals surface area contributed by atoms with Crippen molar-refractivity contribution in [3.05, 3.63) is 68.1 Å². The summed E-state index contributed by atoms with van der Waals surface area (Å²) in [5, 5.41) is 17.5. The van der Waals surface area contributed by atoms with Gasteiger partial charge < -0.3 is 0 Å². The molecule has 0 amide bonds. The van der Waals surface area contributed by atoms with E-state index in [9.17, 15) is 25.6 Å². The second kappa shape index (κ2) is 14.9. The highest BCUT2D eigenvalue weighted by molar-refractivity contribution is 9.10. The van der Waals surface area contributed by atoms with Gasteiger partial charge in [-0.05, 0) is 83.6 Å². The Labute approximate surface area is 284 Å². The van der Waals surface area contributed by atoms with Gasteiger partial charge in [-0.3, -0.25) is 4.90 Å². The van der Waals surface area contributed by atoms with Crippen LogP contribution in [0.25, 0.3) is 0 Å². The molecule has 1 saturated heterocycles. The fourth-order valence-electron chi connectivity index (χ4n) is 4.25. The maximum atomic E-state index is 14.1. The van der Waals surface area contributed by atoms with Crippen molar-refractivity contribution < 1.29 is 25.6 Å². The Kier molecular flexibility index (Phi) is 13.6. The van der Waals surface area contributed by atoms with Crippen LogP contribution in [0.4, 0.5) is 8.78 Å². The lowest BCUT2D eigenvalue weighted by Gasteiger charge is -2.33. The maximum Gasteiger partial charge on any atom is 0.232 e. The molecule has 250 valence electrons. The molecule has 1 aliphatic heterocycles. The highest BCUT2D eigenvalue weighted by atomic mass is 79.9. The Hall–Kier alpha value is -1.94. The van der Waals surface area contributed by atoms with Crippen LogP contribution in [0.3, 0.4) is 0 Å². The van der Waals surface area contributed by atoms with Crippen molar-refractivity contribution >= 4 is 51.7 Å². The largest absolute Gasteiger partial charge is 0.293 e. The van der Waals surface area contributed by atoms with Crippen molar-refractivity contribution in [3.8, 4) is 12.1 Å². The van der Waals surface area contributed by atoms with Crippen molar-refractivity contribution in [2.75, 3.05) is 32.9 Å². The first-order chi connectivity index (χ1) is 20.3. The van der Waals surface area contributed by atoms with Crippen molar-refractivity contribution in [2.24, 2.45) is 0 Å². The number of likely N-dealkylation sites (N-methyl/N-ethyl adjacent to an activating group) is 2. The first kappa shape index (κ1) is 41.1. The molecule has 0 aromatic heterocycles. The lowest BCUT2D eigenvalue weighted by atomic mass is 9.84. The normalized spacial score (nSPS) is 18.5. The van der Waals surface area contributed by atoms with E-state index < -0.39 is 40.6 Å². The van der Waals surface area contributed by atoms with Crippen LogP contribution in [0.5, 0.6) is 0 Å². The van der Waals surface area contributed by atoms with Gasteiger partial charge in [0.05, 0.1) is 17.7 Å². The van der Waals surface area contributed by atoms with Crippen LogP contribution in [-0.2, 0) is 30.8 Å². The quantitative estimate of drug-likeness (QED) is 0.267. The molecular formula is C31H42Br2F2N4O4S2. The number of rotatable bonds is 8. The predicted molar refractivity (Wildman–Crippen MR) is 182 cm³/mol. The molecule has 0 spiro atoms. The Morgan fingerprint density at radius 1 is 0.911 bits per heavy atom. The summed E-state index contributed by atoms with van der Waals surface area (Å²) >= 11 is 6.65. The molecule has 2 aromatic rings. The molecule has 2 aromatic carbocycles. The third-order valence-corrected chi connectivity index (χ3v) is 13.5. The zero-order valence-corrected chi connectivity index (χ0v) is 32.1. The molecule has 0 saturated carbocycles. The topological polar surface area (TPSA) is 122 Å². The SMILES string of the molecule is CCS(=O)(=O)C(C)(C)C#N.CN(CC(C)(C)c1cc(Br)ccc1F)S(=O)(=O)C(C)(C)C#N.CN1C[C@@]1(C)c1cc(Br)ccc1F. The molecule has 0 aliphatic carbocycles. The standard InChI is InChI=1S/C15H20BrFN2O2S.C10H11BrFN.C6H11NO2S/c1-14(2,12-8-11(16)6-7-13(12)17)10-19(5)22(20,21)15(3,4)9-18;1-10(6-13(10)2)8-5-7(11)3-4-9(8)12;1-4-10(8,9)6(2,3)5-7/h6-8H,10H2,1-5H3;3-5H,6H2,1-2H3;4H2,1-3H3/t;10-,13?;/m.0./s1. The Morgan fingerprint density at radius 3 is 1.76 bits per heavy atom. The van der Waals surface area contributed by atoms with Gasteiger partial charge in [0.1, 0.15) is 11.6 Å². The molecule has 0 radical (unpaired) electrons. The van der Waals surface area contributed by atoms with Crippen molar-refractivity contribution in [2.45, 2.75) is 75.8 Å². The number of halogens is 4. The van der Waals surface area contributed by atoms with E-state index in [0.29, 0.717) is 5.56 Å². The van der Waals surface area contributed by atoms with Gasteiger partial charge in [0.15, 0.2) is 19.3 Å². The van der Waals surface area contributed by atoms with Crippen molar-refractivity contribution in [1.82, 2.24) is 9.21 Å². The van der Waals surface area contributed by atoms with Gasteiger partial charge in [-0.1, -0.05) is 52.6 Å². The second-order valence-electron chi connectivity index (χ2n) is 12.7. The summed E-state index contributed by atoms with van der Waals surface area (Å²) in [5.41, 5.74) is 0.359. The first-order valence-electron chi connectivity index (χ1n) is 13.9. The van der Waals surface area contributed by atoms with Crippen molar-refractivity contribution in [1.29, 1.82) is 10.5 Å². The van der Waals surface area contributed by atoms with Crippen LogP contribution in [0, 0.1) is 34.3 Å². The summed E-state index contributed by atoms with van der Waals surface area (Å²) in [5.74, 6) is -0.485. The number of benzene rings is 2. The summed E-state index contributed by atoms with van der Waals surface area (Å²) in [6, 6.07) is 13.2. The lowest BCUT2D eigenvalue weighted by Crippen LogP contribution is -2.46. The molecule has 1 aliphatic rings. The van der Waals surface area contributed by atoms with E-state index in [1.165, 1.54) is 53.8 Å². The number of nitriles is 2. The fourth-order valence-corrected chi connectivity index (χ4v) is 7.22. The third-order valence-electron chi connectivity index (χ3n) is 7.82. The van der Waals surface area contributed by atoms with Crippen LogP contribution in [-0.4, -0.2) is 68.5 Å². The number of nitrogens with zero attached hydrogens (tertiary/aromatic N) is 4. The zero-order valence-electron chi connectivity index (χ0n) is 27.3. The summed E-state index contributed by atoms with van der Waals surface area (Å²) in [6.45, 7) is 13.6. The minimum absolute atomic E-state index is 0.0214. The molecule has 0 N–H and O–H groups in total. The molecule has 45 heavy (non-hydrogen) atoms. The van der Waals surface area contributed by atoms with Gasteiger partial charge in [-0.2, -0.15) is 10.5 Å². The van der Waals surface area contributed by atoms with E-state index in [1.54, 1.807) is 44.2 Å². The molecule has 2 atom stereocenters. The Bertz CT molecular complexity index is 1690. The summed E-state index contributed by atoms with van der Waals surface area (Å²) < 4.78 is 74.5. The molecular weight excluding hydrogens is 754 g/mol. The molecule has 14 heteroatoms. The van der Waals surface area contributed by atoms with Gasteiger partial charge in [-0.25, -0.2) is 29.9 Å². The fraction of sp³-hybridized carbons (Fsp3) is 0.548. The van der Waals surface area contributed by atoms with Crippen LogP contribution in [0.15, 0.2) is 45.3 Å². The van der Waals surface area contributed by atoms with Gasteiger partial charge in [0.25, 0.3) is 0 Å². The number of hydrogen-bond acceptors (Lipinski definition) is 7. The first-order valence-corrected chi connectivity index (χ1v) is 18.6. The van der Waals surface area contributed by atoms with E-state index in [-0.39, 0.29) is 23.7 Å². The summed E-state index contributed by atoms with van der Waals surface area (Å²) in [4.78, 5) is 2.12. The average Bonchev–Trinajstić information content (AvgIpc) is 3.57. The van der Waals surface area contributed by atoms with Crippen LogP contribution in [0.1, 0.15) is 66.5 Å². The average molecular weight is 797 g/mol. The van der Waals surface area contributed by atoms with Crippen LogP contribution in [0.2, 0.25) is 0 Å². The maximum absolute atomic E-state index is 14.1. The Morgan fingerprint density at radius 2 is 1.36 bits per heavy atom. The highest BCUT2D eigenvalue weighted by Crippen LogP contribution is 2.42. The number of sulfone groups is 1. The van der Waals surface area contributed by atoms with Gasteiger partial charge in [0, 0.05) is 45.8 Å². The van der Waals surface area contributed by atoms with E-state index in [4.69, 9.17) is 10.5 Å².